The number of hydrogen-bond acceptors (Lipinski definition) is 4. The molecule has 6 heteroatoms. The van der Waals surface area contributed by atoms with Crippen LogP contribution < -0.4 is 0 Å². The summed E-state index contributed by atoms with van der Waals surface area (Å²) in [4.78, 5) is 10.7. The van der Waals surface area contributed by atoms with Crippen LogP contribution in [0, 0.1) is 33.3 Å². The third-order valence-electron chi connectivity index (χ3n) is 4.20. The van der Waals surface area contributed by atoms with Crippen molar-refractivity contribution in [3.63, 3.8) is 0 Å². The Bertz CT molecular complexity index is 580. The maximum atomic E-state index is 12.7. The maximum Gasteiger partial charge on any atom is 0.269 e. The van der Waals surface area contributed by atoms with Crippen LogP contribution in [0.3, 0.4) is 0 Å². The molecule has 0 bridgehead atoms. The molecule has 1 aliphatic carbocycles. The summed E-state index contributed by atoms with van der Waals surface area (Å²) in [6.07, 6.45) is 3.63. The van der Waals surface area contributed by atoms with Gasteiger partial charge in [0.05, 0.1) is 33.0 Å². The lowest BCUT2D eigenvalue weighted by Gasteiger charge is -2.31. The average molecular weight is 306 g/mol. The number of benzene rings is 1. The van der Waals surface area contributed by atoms with E-state index in [4.69, 9.17) is 0 Å². The minimum atomic E-state index is -1.29. The molecule has 2 rings (SSSR count). The van der Waals surface area contributed by atoms with Gasteiger partial charge in [0.1, 0.15) is 0 Å². The molecule has 0 aliphatic heterocycles. The van der Waals surface area contributed by atoms with E-state index in [1.54, 1.807) is 0 Å². The second-order valence-electron chi connectivity index (χ2n) is 5.41. The lowest BCUT2D eigenvalue weighted by Crippen LogP contribution is -2.32. The molecule has 1 aliphatic rings. The molecule has 0 N–H and O–H groups in total. The molecular formula is C15H18N2O3S. The van der Waals surface area contributed by atoms with E-state index in [0.29, 0.717) is 10.8 Å². The first-order chi connectivity index (χ1) is 10.1. The number of nitrogens with zero attached hydrogens (tertiary/aromatic N) is 2. The second-order valence-corrected chi connectivity index (χ2v) is 7.08. The third kappa shape index (κ3) is 3.48. The molecule has 5 nitrogen and oxygen atoms in total. The Morgan fingerprint density at radius 1 is 1.38 bits per heavy atom. The summed E-state index contributed by atoms with van der Waals surface area (Å²) >= 11 is 0. The van der Waals surface area contributed by atoms with Crippen LogP contribution >= 0.6 is 0 Å². The van der Waals surface area contributed by atoms with Gasteiger partial charge in [-0.15, -0.1) is 0 Å². The largest absolute Gasteiger partial charge is 0.269 e. The van der Waals surface area contributed by atoms with Crippen LogP contribution in [0.15, 0.2) is 29.2 Å². The highest BCUT2D eigenvalue weighted by molar-refractivity contribution is 7.85. The first-order valence-corrected chi connectivity index (χ1v) is 8.32. The predicted octanol–water partition coefficient (Wildman–Crippen LogP) is 3.42. The van der Waals surface area contributed by atoms with Gasteiger partial charge >= 0.3 is 0 Å². The van der Waals surface area contributed by atoms with Gasteiger partial charge in [0.2, 0.25) is 0 Å². The molecule has 0 radical (unpaired) electrons. The van der Waals surface area contributed by atoms with Crippen LogP contribution in [-0.4, -0.2) is 14.4 Å². The molecular weight excluding hydrogens is 288 g/mol. The zero-order chi connectivity index (χ0) is 15.4. The van der Waals surface area contributed by atoms with Crippen molar-refractivity contribution in [3.8, 4) is 6.07 Å². The fraction of sp³-hybridized carbons (Fsp3) is 0.533. The van der Waals surface area contributed by atoms with E-state index in [1.165, 1.54) is 24.3 Å². The number of nitro groups is 1. The van der Waals surface area contributed by atoms with Crippen LogP contribution in [0.2, 0.25) is 0 Å². The highest BCUT2D eigenvalue weighted by atomic mass is 32.2. The van der Waals surface area contributed by atoms with Crippen LogP contribution in [-0.2, 0) is 10.8 Å². The van der Waals surface area contributed by atoms with Gasteiger partial charge in [0, 0.05) is 17.0 Å². The molecule has 0 spiro atoms. The van der Waals surface area contributed by atoms with E-state index >= 15 is 0 Å². The van der Waals surface area contributed by atoms with Gasteiger partial charge in [-0.3, -0.25) is 14.3 Å². The predicted molar refractivity (Wildman–Crippen MR) is 80.0 cm³/mol. The highest BCUT2D eigenvalue weighted by Gasteiger charge is 2.34. The highest BCUT2D eigenvalue weighted by Crippen LogP contribution is 2.35. The van der Waals surface area contributed by atoms with Gasteiger partial charge in [-0.2, -0.15) is 5.26 Å². The van der Waals surface area contributed by atoms with Crippen molar-refractivity contribution >= 4 is 16.5 Å². The van der Waals surface area contributed by atoms with E-state index in [9.17, 15) is 19.6 Å². The van der Waals surface area contributed by atoms with Crippen molar-refractivity contribution in [2.45, 2.75) is 42.8 Å². The smallest absolute Gasteiger partial charge is 0.258 e. The van der Waals surface area contributed by atoms with Crippen LogP contribution in [0.4, 0.5) is 5.69 Å². The Balaban J connectivity index is 2.20. The lowest BCUT2D eigenvalue weighted by atomic mass is 9.81. The number of nitro benzene ring substituents is 1. The zero-order valence-electron chi connectivity index (χ0n) is 11.9. The molecule has 112 valence electrons. The third-order valence-corrected chi connectivity index (χ3v) is 6.01. The zero-order valence-corrected chi connectivity index (χ0v) is 12.7. The molecule has 0 aromatic heterocycles. The SMILES string of the molecule is CCC1CCC(C#N)C(S(=O)c2ccc([N+](=O)[O-])cc2)C1. The summed E-state index contributed by atoms with van der Waals surface area (Å²) in [6, 6.07) is 8.10. The van der Waals surface area contributed by atoms with Crippen molar-refractivity contribution in [2.75, 3.05) is 0 Å². The molecule has 1 aromatic carbocycles. The maximum absolute atomic E-state index is 12.7. The van der Waals surface area contributed by atoms with Crippen molar-refractivity contribution < 1.29 is 9.13 Å². The normalized spacial score (nSPS) is 26.8. The van der Waals surface area contributed by atoms with E-state index in [0.717, 1.165) is 25.7 Å². The minimum absolute atomic E-state index is 0.0114. The first-order valence-electron chi connectivity index (χ1n) is 7.11. The van der Waals surface area contributed by atoms with Gasteiger partial charge in [0.15, 0.2) is 0 Å². The minimum Gasteiger partial charge on any atom is -0.258 e. The monoisotopic (exact) mass is 306 g/mol. The molecule has 0 amide bonds. The summed E-state index contributed by atoms with van der Waals surface area (Å²) in [5.41, 5.74) is -0.0114. The van der Waals surface area contributed by atoms with Crippen molar-refractivity contribution in [2.24, 2.45) is 11.8 Å². The van der Waals surface area contributed by atoms with Gasteiger partial charge in [0.25, 0.3) is 5.69 Å². The van der Waals surface area contributed by atoms with Gasteiger partial charge in [-0.25, -0.2) is 0 Å². The first kappa shape index (κ1) is 15.6. The molecule has 0 heterocycles. The molecule has 1 aromatic rings. The molecule has 4 unspecified atom stereocenters. The standard InChI is InChI=1S/C15H18N2O3S/c1-2-11-3-4-12(10-16)15(9-11)21(20)14-7-5-13(6-8-14)17(18)19/h5-8,11-12,15H,2-4,9H2,1H3. The van der Waals surface area contributed by atoms with Crippen molar-refractivity contribution in [1.82, 2.24) is 0 Å². The molecule has 21 heavy (non-hydrogen) atoms. The van der Waals surface area contributed by atoms with E-state index in [1.807, 2.05) is 0 Å². The number of nitriles is 1. The number of non-ortho nitro benzene ring substituents is 1. The second kappa shape index (κ2) is 6.81. The van der Waals surface area contributed by atoms with Gasteiger partial charge in [-0.05, 0) is 37.3 Å². The summed E-state index contributed by atoms with van der Waals surface area (Å²) < 4.78 is 12.7. The fourth-order valence-corrected chi connectivity index (χ4v) is 4.54. The topological polar surface area (TPSA) is 84.0 Å². The van der Waals surface area contributed by atoms with Crippen molar-refractivity contribution in [1.29, 1.82) is 5.26 Å². The summed E-state index contributed by atoms with van der Waals surface area (Å²) in [6.45, 7) is 2.11. The Morgan fingerprint density at radius 3 is 2.57 bits per heavy atom. The lowest BCUT2D eigenvalue weighted by molar-refractivity contribution is -0.384. The molecule has 1 saturated carbocycles. The summed E-state index contributed by atoms with van der Waals surface area (Å²) in [5.74, 6) is 0.324. The van der Waals surface area contributed by atoms with Gasteiger partial charge in [-0.1, -0.05) is 13.3 Å². The Kier molecular flexibility index (Phi) is 5.07. The van der Waals surface area contributed by atoms with Gasteiger partial charge < -0.3 is 0 Å². The van der Waals surface area contributed by atoms with Crippen LogP contribution in [0.5, 0.6) is 0 Å². The molecule has 0 saturated heterocycles. The Morgan fingerprint density at radius 2 is 2.05 bits per heavy atom. The van der Waals surface area contributed by atoms with E-state index in [2.05, 4.69) is 13.0 Å². The van der Waals surface area contributed by atoms with Crippen LogP contribution in [0.1, 0.15) is 32.6 Å². The molecule has 1 fully saturated rings. The van der Waals surface area contributed by atoms with Crippen LogP contribution in [0.25, 0.3) is 0 Å². The fourth-order valence-electron chi connectivity index (χ4n) is 2.84. The Hall–Kier alpha value is -1.74. The average Bonchev–Trinajstić information content (AvgIpc) is 2.53. The number of rotatable bonds is 4. The summed E-state index contributed by atoms with van der Waals surface area (Å²) in [7, 11) is -1.29. The Labute approximate surface area is 126 Å². The number of hydrogen-bond donors (Lipinski definition) is 0. The molecule has 4 atom stereocenters. The van der Waals surface area contributed by atoms with Crippen molar-refractivity contribution in [3.05, 3.63) is 34.4 Å². The quantitative estimate of drug-likeness (QED) is 0.630. The van der Waals surface area contributed by atoms with E-state index in [-0.39, 0.29) is 16.9 Å². The van der Waals surface area contributed by atoms with E-state index < -0.39 is 15.7 Å². The summed E-state index contributed by atoms with van der Waals surface area (Å²) in [5, 5.41) is 19.7.